The van der Waals surface area contributed by atoms with Crippen LogP contribution in [0.1, 0.15) is 0 Å². The highest BCUT2D eigenvalue weighted by Gasteiger charge is 2.29. The van der Waals surface area contributed by atoms with Crippen LogP contribution in [0.25, 0.3) is 0 Å². The molecule has 4 heteroatoms. The standard InChI is InChI=1S/C7H16O3Si/c1-8-7(9-2)11(3)5-6-4-10-6/h6-7,11H,4-5H2,1-3H3. The van der Waals surface area contributed by atoms with Gasteiger partial charge >= 0.3 is 0 Å². The highest BCUT2D eigenvalue weighted by atomic mass is 28.3. The summed E-state index contributed by atoms with van der Waals surface area (Å²) < 4.78 is 15.5. The van der Waals surface area contributed by atoms with Crippen LogP contribution in [0.15, 0.2) is 0 Å². The number of ether oxygens (including phenoxy) is 3. The van der Waals surface area contributed by atoms with Crippen molar-refractivity contribution in [2.45, 2.75) is 24.6 Å². The Hall–Kier alpha value is 0.0969. The summed E-state index contributed by atoms with van der Waals surface area (Å²) in [5.41, 5.74) is 0. The molecule has 0 aromatic carbocycles. The largest absolute Gasteiger partial charge is 0.373 e. The minimum absolute atomic E-state index is 0.0548. The fourth-order valence-electron chi connectivity index (χ4n) is 1.29. The van der Waals surface area contributed by atoms with Crippen molar-refractivity contribution >= 4 is 8.80 Å². The molecule has 1 heterocycles. The van der Waals surface area contributed by atoms with Crippen molar-refractivity contribution in [3.8, 4) is 0 Å². The molecular weight excluding hydrogens is 160 g/mol. The molecule has 1 aliphatic rings. The molecule has 0 aromatic heterocycles. The molecule has 3 nitrogen and oxygen atoms in total. The Morgan fingerprint density at radius 2 is 2.09 bits per heavy atom. The molecule has 0 bridgehead atoms. The summed E-state index contributed by atoms with van der Waals surface area (Å²) in [7, 11) is 2.52. The molecule has 66 valence electrons. The van der Waals surface area contributed by atoms with E-state index in [1.165, 1.54) is 6.04 Å². The number of epoxide rings is 1. The van der Waals surface area contributed by atoms with Crippen LogP contribution in [0, 0.1) is 0 Å². The summed E-state index contributed by atoms with van der Waals surface area (Å²) >= 11 is 0. The van der Waals surface area contributed by atoms with Crippen molar-refractivity contribution in [3.63, 3.8) is 0 Å². The van der Waals surface area contributed by atoms with Crippen molar-refractivity contribution in [2.24, 2.45) is 0 Å². The fourth-order valence-corrected chi connectivity index (χ4v) is 3.54. The van der Waals surface area contributed by atoms with Crippen molar-refractivity contribution in [1.29, 1.82) is 0 Å². The zero-order valence-corrected chi connectivity index (χ0v) is 8.53. The summed E-state index contributed by atoms with van der Waals surface area (Å²) in [6, 6.07) is 1.17. The lowest BCUT2D eigenvalue weighted by atomic mass is 10.6. The van der Waals surface area contributed by atoms with Gasteiger partial charge in [0, 0.05) is 14.2 Å². The third-order valence-electron chi connectivity index (χ3n) is 1.97. The lowest BCUT2D eigenvalue weighted by molar-refractivity contribution is -0.0470. The van der Waals surface area contributed by atoms with E-state index in [1.807, 2.05) is 0 Å². The van der Waals surface area contributed by atoms with E-state index in [4.69, 9.17) is 14.2 Å². The summed E-state index contributed by atoms with van der Waals surface area (Å²) in [5, 5.41) is 0. The van der Waals surface area contributed by atoms with Crippen LogP contribution in [-0.2, 0) is 14.2 Å². The molecule has 1 aliphatic heterocycles. The highest BCUT2D eigenvalue weighted by Crippen LogP contribution is 2.18. The average Bonchev–Trinajstić information content (AvgIpc) is 2.74. The second-order valence-electron chi connectivity index (χ2n) is 3.01. The molecule has 1 fully saturated rings. The normalized spacial score (nSPS) is 25.6. The van der Waals surface area contributed by atoms with E-state index < -0.39 is 8.80 Å². The first-order valence-corrected chi connectivity index (χ1v) is 6.59. The Balaban J connectivity index is 2.18. The molecule has 0 N–H and O–H groups in total. The smallest absolute Gasteiger partial charge is 0.137 e. The molecule has 0 saturated carbocycles. The van der Waals surface area contributed by atoms with Crippen LogP contribution >= 0.6 is 0 Å². The minimum atomic E-state index is -0.882. The number of rotatable bonds is 5. The van der Waals surface area contributed by atoms with Crippen molar-refractivity contribution in [1.82, 2.24) is 0 Å². The maximum Gasteiger partial charge on any atom is 0.137 e. The van der Waals surface area contributed by atoms with E-state index in [0.717, 1.165) is 6.61 Å². The van der Waals surface area contributed by atoms with Crippen molar-refractivity contribution in [3.05, 3.63) is 0 Å². The second-order valence-corrected chi connectivity index (χ2v) is 5.98. The molecule has 0 aromatic rings. The van der Waals surface area contributed by atoms with Gasteiger partial charge in [-0.1, -0.05) is 6.55 Å². The van der Waals surface area contributed by atoms with Gasteiger partial charge in [-0.2, -0.15) is 0 Å². The van der Waals surface area contributed by atoms with Crippen molar-refractivity contribution in [2.75, 3.05) is 20.8 Å². The first kappa shape index (κ1) is 9.19. The first-order chi connectivity index (χ1) is 5.27. The van der Waals surface area contributed by atoms with Gasteiger partial charge < -0.3 is 14.2 Å². The SMILES string of the molecule is COC(OC)[SiH](C)CC1CO1. The number of hydrogen-bond acceptors (Lipinski definition) is 3. The van der Waals surface area contributed by atoms with E-state index in [9.17, 15) is 0 Å². The fraction of sp³-hybridized carbons (Fsp3) is 1.00. The van der Waals surface area contributed by atoms with E-state index in [-0.39, 0.29) is 5.91 Å². The Morgan fingerprint density at radius 3 is 2.45 bits per heavy atom. The van der Waals surface area contributed by atoms with Gasteiger partial charge in [-0.15, -0.1) is 0 Å². The van der Waals surface area contributed by atoms with Gasteiger partial charge in [-0.05, 0) is 6.04 Å². The van der Waals surface area contributed by atoms with Gasteiger partial charge in [0.15, 0.2) is 0 Å². The average molecular weight is 176 g/mol. The molecule has 0 amide bonds. The summed E-state index contributed by atoms with van der Waals surface area (Å²) in [4.78, 5) is 0. The molecule has 2 unspecified atom stereocenters. The van der Waals surface area contributed by atoms with Gasteiger partial charge in [0.25, 0.3) is 0 Å². The Bertz CT molecular complexity index is 112. The summed E-state index contributed by atoms with van der Waals surface area (Å²) in [5.74, 6) is 0.0548. The maximum atomic E-state index is 5.17. The zero-order valence-electron chi connectivity index (χ0n) is 7.37. The molecule has 2 atom stereocenters. The third-order valence-corrected chi connectivity index (χ3v) is 4.71. The van der Waals surface area contributed by atoms with Gasteiger partial charge in [0.05, 0.1) is 12.7 Å². The Kier molecular flexibility index (Phi) is 3.51. The van der Waals surface area contributed by atoms with Crippen molar-refractivity contribution < 1.29 is 14.2 Å². The summed E-state index contributed by atoms with van der Waals surface area (Å²) in [6.45, 7) is 3.19. The predicted molar refractivity (Wildman–Crippen MR) is 45.4 cm³/mol. The van der Waals surface area contributed by atoms with E-state index in [0.29, 0.717) is 6.10 Å². The summed E-state index contributed by atoms with van der Waals surface area (Å²) in [6.07, 6.45) is 0.518. The quantitative estimate of drug-likeness (QED) is 0.345. The highest BCUT2D eigenvalue weighted by molar-refractivity contribution is 6.58. The van der Waals surface area contributed by atoms with Crippen LogP contribution in [0.5, 0.6) is 0 Å². The third kappa shape index (κ3) is 2.90. The van der Waals surface area contributed by atoms with E-state index in [1.54, 1.807) is 14.2 Å². The van der Waals surface area contributed by atoms with Gasteiger partial charge in [0.1, 0.15) is 14.7 Å². The van der Waals surface area contributed by atoms with Crippen LogP contribution in [0.4, 0.5) is 0 Å². The molecule has 1 saturated heterocycles. The monoisotopic (exact) mass is 176 g/mol. The molecular formula is C7H16O3Si. The topological polar surface area (TPSA) is 31.0 Å². The maximum absolute atomic E-state index is 5.17. The molecule has 1 rings (SSSR count). The van der Waals surface area contributed by atoms with Crippen LogP contribution in [0.3, 0.4) is 0 Å². The molecule has 0 aliphatic carbocycles. The van der Waals surface area contributed by atoms with Gasteiger partial charge in [-0.3, -0.25) is 0 Å². The Labute approximate surface area is 69.2 Å². The first-order valence-electron chi connectivity index (χ1n) is 3.95. The lowest BCUT2D eigenvalue weighted by Crippen LogP contribution is -2.32. The second kappa shape index (κ2) is 4.20. The predicted octanol–water partition coefficient (Wildman–Crippen LogP) is 0.400. The van der Waals surface area contributed by atoms with Crippen LogP contribution < -0.4 is 0 Å². The Morgan fingerprint density at radius 1 is 1.55 bits per heavy atom. The molecule has 0 spiro atoms. The zero-order chi connectivity index (χ0) is 8.27. The van der Waals surface area contributed by atoms with E-state index >= 15 is 0 Å². The van der Waals surface area contributed by atoms with Gasteiger partial charge in [-0.25, -0.2) is 0 Å². The van der Waals surface area contributed by atoms with E-state index in [2.05, 4.69) is 6.55 Å². The number of methoxy groups -OCH3 is 2. The van der Waals surface area contributed by atoms with Crippen LogP contribution in [0.2, 0.25) is 12.6 Å². The molecule has 11 heavy (non-hydrogen) atoms. The minimum Gasteiger partial charge on any atom is -0.373 e. The number of hydrogen-bond donors (Lipinski definition) is 0. The van der Waals surface area contributed by atoms with Crippen LogP contribution in [-0.4, -0.2) is 41.6 Å². The molecule has 0 radical (unpaired) electrons. The van der Waals surface area contributed by atoms with Gasteiger partial charge in [0.2, 0.25) is 0 Å². The lowest BCUT2D eigenvalue weighted by Gasteiger charge is -2.18.